The fraction of sp³-hybridized carbons (Fsp3) is 0.556. The van der Waals surface area contributed by atoms with E-state index < -0.39 is 49.1 Å². The third-order valence-corrected chi connectivity index (χ3v) is 5.42. The molecule has 0 aliphatic carbocycles. The molecule has 1 rings (SSSR count). The monoisotopic (exact) mass is 359 g/mol. The molecule has 0 aromatic carbocycles. The zero-order valence-electron chi connectivity index (χ0n) is 11.1. The van der Waals surface area contributed by atoms with Gasteiger partial charge in [0.1, 0.15) is 15.9 Å². The lowest BCUT2D eigenvalue weighted by molar-refractivity contribution is -0.139. The fourth-order valence-corrected chi connectivity index (χ4v) is 4.05. The molecule has 1 unspecified atom stereocenters. The largest absolute Gasteiger partial charge is 0.480 e. The molecule has 1 atom stereocenters. The van der Waals surface area contributed by atoms with Crippen LogP contribution in [-0.4, -0.2) is 55.7 Å². The molecule has 2 N–H and O–H groups in total. The van der Waals surface area contributed by atoms with Gasteiger partial charge in [-0.1, -0.05) is 11.6 Å². The number of aliphatic carboxylic acids is 1. The molecule has 0 aliphatic rings. The number of nitrogens with zero attached hydrogens (tertiary/aromatic N) is 2. The molecule has 0 saturated carbocycles. The van der Waals surface area contributed by atoms with E-state index in [9.17, 15) is 21.6 Å². The molecule has 0 radical (unpaired) electrons. The maximum Gasteiger partial charge on any atom is 0.321 e. The molecule has 1 aromatic rings. The molecule has 0 saturated heterocycles. The van der Waals surface area contributed by atoms with Crippen molar-refractivity contribution in [2.75, 3.05) is 12.0 Å². The maximum absolute atomic E-state index is 12.1. The third kappa shape index (κ3) is 4.95. The topological polar surface area (TPSA) is 135 Å². The number of halogens is 1. The van der Waals surface area contributed by atoms with Crippen molar-refractivity contribution in [1.82, 2.24) is 14.5 Å². The van der Waals surface area contributed by atoms with Crippen molar-refractivity contribution >= 4 is 37.4 Å². The lowest BCUT2D eigenvalue weighted by Gasteiger charge is -2.14. The van der Waals surface area contributed by atoms with Crippen molar-refractivity contribution in [2.24, 2.45) is 7.05 Å². The minimum atomic E-state index is -4.25. The van der Waals surface area contributed by atoms with E-state index in [2.05, 4.69) is 5.10 Å². The van der Waals surface area contributed by atoms with Gasteiger partial charge < -0.3 is 5.11 Å². The summed E-state index contributed by atoms with van der Waals surface area (Å²) in [7, 11) is -6.34. The molecule has 0 amide bonds. The van der Waals surface area contributed by atoms with E-state index in [1.165, 1.54) is 7.05 Å². The van der Waals surface area contributed by atoms with Crippen molar-refractivity contribution in [3.8, 4) is 0 Å². The summed E-state index contributed by atoms with van der Waals surface area (Å²) >= 11 is 5.70. The number of sulfone groups is 1. The Hall–Kier alpha value is -1.17. The third-order valence-electron chi connectivity index (χ3n) is 2.47. The average molecular weight is 360 g/mol. The number of carboxylic acids is 1. The predicted octanol–water partition coefficient (Wildman–Crippen LogP) is -0.760. The first-order valence-electron chi connectivity index (χ1n) is 5.54. The van der Waals surface area contributed by atoms with Crippen molar-refractivity contribution in [2.45, 2.75) is 17.5 Å². The van der Waals surface area contributed by atoms with Crippen LogP contribution in [-0.2, 0) is 31.7 Å². The molecule has 12 heteroatoms. The van der Waals surface area contributed by atoms with E-state index >= 15 is 0 Å². The Kier molecular flexibility index (Phi) is 5.36. The lowest BCUT2D eigenvalue weighted by atomic mass is 10.2. The van der Waals surface area contributed by atoms with Gasteiger partial charge in [-0.15, -0.1) is 0 Å². The van der Waals surface area contributed by atoms with E-state index in [1.807, 2.05) is 4.72 Å². The van der Waals surface area contributed by atoms with Gasteiger partial charge in [0.15, 0.2) is 5.03 Å². The number of rotatable bonds is 7. The number of carbonyl (C=O) groups is 1. The highest BCUT2D eigenvalue weighted by molar-refractivity contribution is 7.90. The lowest BCUT2D eigenvalue weighted by Crippen LogP contribution is -2.42. The van der Waals surface area contributed by atoms with Crippen LogP contribution in [0, 0.1) is 0 Å². The number of hydrogen-bond donors (Lipinski definition) is 2. The van der Waals surface area contributed by atoms with Gasteiger partial charge in [0.05, 0.1) is 17.0 Å². The fourth-order valence-electron chi connectivity index (χ4n) is 1.51. The number of sulfonamides is 1. The van der Waals surface area contributed by atoms with Crippen LogP contribution in [0.3, 0.4) is 0 Å². The van der Waals surface area contributed by atoms with Crippen molar-refractivity contribution < 1.29 is 26.7 Å². The van der Waals surface area contributed by atoms with Gasteiger partial charge in [-0.25, -0.2) is 16.8 Å². The Balaban J connectivity index is 3.01. The van der Waals surface area contributed by atoms with Crippen LogP contribution in [0.1, 0.15) is 6.42 Å². The summed E-state index contributed by atoms with van der Waals surface area (Å²) in [6, 6.07) is -1.59. The predicted molar refractivity (Wildman–Crippen MR) is 74.3 cm³/mol. The van der Waals surface area contributed by atoms with Gasteiger partial charge in [0.25, 0.3) is 10.0 Å². The summed E-state index contributed by atoms with van der Waals surface area (Å²) in [5, 5.41) is 12.1. The smallest absolute Gasteiger partial charge is 0.321 e. The van der Waals surface area contributed by atoms with E-state index in [0.29, 0.717) is 0 Å². The maximum atomic E-state index is 12.1. The highest BCUT2D eigenvalue weighted by Gasteiger charge is 2.30. The number of hydrogen-bond acceptors (Lipinski definition) is 6. The highest BCUT2D eigenvalue weighted by atomic mass is 35.5. The van der Waals surface area contributed by atoms with Crippen LogP contribution < -0.4 is 4.72 Å². The van der Waals surface area contributed by atoms with E-state index in [0.717, 1.165) is 17.1 Å². The number of aryl methyl sites for hydroxylation is 1. The molecule has 0 aliphatic heterocycles. The summed E-state index contributed by atoms with van der Waals surface area (Å²) in [4.78, 5) is 11.1. The van der Waals surface area contributed by atoms with E-state index in [4.69, 9.17) is 16.7 Å². The molecule has 9 nitrogen and oxygen atoms in total. The van der Waals surface area contributed by atoms with E-state index in [1.54, 1.807) is 0 Å². The van der Waals surface area contributed by atoms with Gasteiger partial charge in [-0.2, -0.15) is 9.82 Å². The minimum Gasteiger partial charge on any atom is -0.480 e. The molecular formula is C9H14ClN3O6S2. The molecule has 0 fully saturated rings. The van der Waals surface area contributed by atoms with E-state index in [-0.39, 0.29) is 5.02 Å². The Morgan fingerprint density at radius 3 is 2.43 bits per heavy atom. The summed E-state index contributed by atoms with van der Waals surface area (Å²) in [5.41, 5.74) is 0. The zero-order valence-corrected chi connectivity index (χ0v) is 13.5. The Bertz CT molecular complexity index is 720. The standard InChI is InChI=1S/C9H14ClN3O6S2/c1-13-8(6(10)5-11-13)21(18,19)12-7(9(14)15)3-4-20(2,16)17/h5,7,12H,3-4H2,1-2H3,(H,14,15). The summed E-state index contributed by atoms with van der Waals surface area (Å²) in [6.45, 7) is 0. The quantitative estimate of drug-likeness (QED) is 0.653. The first-order chi connectivity index (χ1) is 9.44. The molecule has 1 aromatic heterocycles. The SMILES string of the molecule is Cn1ncc(Cl)c1S(=O)(=O)NC(CCS(C)(=O)=O)C(=O)O. The Labute approximate surface area is 126 Å². The normalized spacial score (nSPS) is 14.0. The second-order valence-electron chi connectivity index (χ2n) is 4.35. The first kappa shape index (κ1) is 17.9. The van der Waals surface area contributed by atoms with Crippen molar-refractivity contribution in [1.29, 1.82) is 0 Å². The highest BCUT2D eigenvalue weighted by Crippen LogP contribution is 2.20. The van der Waals surface area contributed by atoms with Crippen molar-refractivity contribution in [3.05, 3.63) is 11.2 Å². The van der Waals surface area contributed by atoms with Crippen LogP contribution >= 0.6 is 11.6 Å². The van der Waals surface area contributed by atoms with Crippen LogP contribution in [0.15, 0.2) is 11.2 Å². The van der Waals surface area contributed by atoms with Crippen molar-refractivity contribution in [3.63, 3.8) is 0 Å². The van der Waals surface area contributed by atoms with Crippen LogP contribution in [0.5, 0.6) is 0 Å². The van der Waals surface area contributed by atoms with Gasteiger partial charge in [-0.3, -0.25) is 9.48 Å². The molecule has 120 valence electrons. The molecule has 1 heterocycles. The van der Waals surface area contributed by atoms with Gasteiger partial charge >= 0.3 is 5.97 Å². The molecule has 21 heavy (non-hydrogen) atoms. The minimum absolute atomic E-state index is 0.169. The van der Waals surface area contributed by atoms with Crippen LogP contribution in [0.2, 0.25) is 5.02 Å². The molecule has 0 bridgehead atoms. The molecular weight excluding hydrogens is 346 g/mol. The Morgan fingerprint density at radius 1 is 1.48 bits per heavy atom. The Morgan fingerprint density at radius 2 is 2.05 bits per heavy atom. The van der Waals surface area contributed by atoms with Crippen LogP contribution in [0.4, 0.5) is 0 Å². The summed E-state index contributed by atoms with van der Waals surface area (Å²) in [6.07, 6.45) is 1.63. The number of aromatic nitrogens is 2. The second-order valence-corrected chi connectivity index (χ2v) is 8.65. The summed E-state index contributed by atoms with van der Waals surface area (Å²) < 4.78 is 49.2. The number of carboxylic acid groups (broad SMARTS) is 1. The van der Waals surface area contributed by atoms with Gasteiger partial charge in [0.2, 0.25) is 0 Å². The summed E-state index contributed by atoms with van der Waals surface area (Å²) in [5.74, 6) is -1.95. The van der Waals surface area contributed by atoms with Gasteiger partial charge in [-0.05, 0) is 6.42 Å². The second kappa shape index (κ2) is 6.30. The zero-order chi connectivity index (χ0) is 16.4. The number of nitrogens with one attached hydrogen (secondary N) is 1. The first-order valence-corrected chi connectivity index (χ1v) is 9.46. The van der Waals surface area contributed by atoms with Crippen LogP contribution in [0.25, 0.3) is 0 Å². The van der Waals surface area contributed by atoms with Gasteiger partial charge in [0, 0.05) is 13.3 Å². The average Bonchev–Trinajstić information content (AvgIpc) is 2.63. The molecule has 0 spiro atoms.